The summed E-state index contributed by atoms with van der Waals surface area (Å²) in [6.07, 6.45) is 3.02. The zero-order valence-corrected chi connectivity index (χ0v) is 13.2. The van der Waals surface area contributed by atoms with Gasteiger partial charge in [-0.1, -0.05) is 12.1 Å². The van der Waals surface area contributed by atoms with Crippen molar-refractivity contribution < 1.29 is 9.84 Å². The summed E-state index contributed by atoms with van der Waals surface area (Å²) in [7, 11) is 0. The highest BCUT2D eigenvalue weighted by atomic mass is 16.5. The number of rotatable bonds is 3. The van der Waals surface area contributed by atoms with E-state index < -0.39 is 5.60 Å². The minimum Gasteiger partial charge on any atom is -0.390 e. The van der Waals surface area contributed by atoms with Gasteiger partial charge in [0.1, 0.15) is 0 Å². The molecule has 0 amide bonds. The number of hydrogen-bond acceptors (Lipinski definition) is 4. The van der Waals surface area contributed by atoms with Crippen LogP contribution in [-0.4, -0.2) is 41.4 Å². The average molecular weight is 300 g/mol. The largest absolute Gasteiger partial charge is 0.390 e. The molecule has 2 saturated heterocycles. The van der Waals surface area contributed by atoms with Gasteiger partial charge in [-0.3, -0.25) is 4.90 Å². The van der Waals surface area contributed by atoms with Crippen LogP contribution in [0.4, 0.5) is 0 Å². The lowest BCUT2D eigenvalue weighted by Gasteiger charge is -2.43. The van der Waals surface area contributed by atoms with Gasteiger partial charge in [0.15, 0.2) is 0 Å². The second-order valence-corrected chi connectivity index (χ2v) is 6.78. The molecule has 0 spiro atoms. The van der Waals surface area contributed by atoms with Gasteiger partial charge in [-0.2, -0.15) is 5.26 Å². The third-order valence-corrected chi connectivity index (χ3v) is 5.20. The summed E-state index contributed by atoms with van der Waals surface area (Å²) in [5.74, 6) is 0.183. The molecule has 118 valence electrons. The molecule has 4 nitrogen and oxygen atoms in total. The lowest BCUT2D eigenvalue weighted by atomic mass is 9.79. The number of ether oxygens (including phenoxy) is 1. The van der Waals surface area contributed by atoms with Crippen LogP contribution >= 0.6 is 0 Å². The van der Waals surface area contributed by atoms with Crippen LogP contribution in [0.2, 0.25) is 0 Å². The van der Waals surface area contributed by atoms with Gasteiger partial charge in [0.25, 0.3) is 0 Å². The minimum atomic E-state index is -0.629. The zero-order chi connectivity index (χ0) is 15.6. The first-order valence-corrected chi connectivity index (χ1v) is 8.13. The molecule has 2 aliphatic heterocycles. The second-order valence-electron chi connectivity index (χ2n) is 6.78. The van der Waals surface area contributed by atoms with Gasteiger partial charge in [0.2, 0.25) is 0 Å². The molecule has 3 atom stereocenters. The Morgan fingerprint density at radius 2 is 2.18 bits per heavy atom. The number of nitrogens with zero attached hydrogens (tertiary/aromatic N) is 2. The maximum absolute atomic E-state index is 10.7. The van der Waals surface area contributed by atoms with Gasteiger partial charge in [-0.05, 0) is 50.4 Å². The molecule has 2 aliphatic rings. The fourth-order valence-electron chi connectivity index (χ4n) is 3.80. The van der Waals surface area contributed by atoms with E-state index in [1.165, 1.54) is 12.0 Å². The lowest BCUT2D eigenvalue weighted by molar-refractivity contribution is -0.123. The van der Waals surface area contributed by atoms with Crippen molar-refractivity contribution in [2.24, 2.45) is 5.92 Å². The van der Waals surface area contributed by atoms with E-state index in [9.17, 15) is 5.11 Å². The standard InChI is InChI=1S/C18H24N2O2/c1-18(21)8-10-22-13-16(18)17-3-2-9-20(17)12-15-6-4-14(11-19)5-7-15/h4-7,16-17,21H,2-3,8-10,12-13H2,1H3/t16-,17-,18-/m0/s1. The number of hydrogen-bond donors (Lipinski definition) is 1. The monoisotopic (exact) mass is 300 g/mol. The van der Waals surface area contributed by atoms with Crippen molar-refractivity contribution in [1.82, 2.24) is 4.90 Å². The van der Waals surface area contributed by atoms with E-state index in [2.05, 4.69) is 11.0 Å². The van der Waals surface area contributed by atoms with Crippen LogP contribution in [0.25, 0.3) is 0 Å². The molecule has 0 radical (unpaired) electrons. The first-order chi connectivity index (χ1) is 10.6. The molecule has 0 unspecified atom stereocenters. The Kier molecular flexibility index (Phi) is 4.49. The van der Waals surface area contributed by atoms with Gasteiger partial charge in [-0.15, -0.1) is 0 Å². The van der Waals surface area contributed by atoms with Crippen molar-refractivity contribution in [2.45, 2.75) is 44.4 Å². The van der Waals surface area contributed by atoms with Crippen LogP contribution in [-0.2, 0) is 11.3 Å². The summed E-state index contributed by atoms with van der Waals surface area (Å²) in [4.78, 5) is 2.47. The molecular formula is C18H24N2O2. The number of nitriles is 1. The first kappa shape index (κ1) is 15.5. The van der Waals surface area contributed by atoms with Crippen molar-refractivity contribution in [3.63, 3.8) is 0 Å². The summed E-state index contributed by atoms with van der Waals surface area (Å²) in [6.45, 7) is 5.21. The van der Waals surface area contributed by atoms with E-state index in [0.29, 0.717) is 24.8 Å². The molecular weight excluding hydrogens is 276 g/mol. The first-order valence-electron chi connectivity index (χ1n) is 8.13. The lowest BCUT2D eigenvalue weighted by Crippen LogP contribution is -2.52. The molecule has 1 N–H and O–H groups in total. The highest BCUT2D eigenvalue weighted by Crippen LogP contribution is 2.36. The van der Waals surface area contributed by atoms with Crippen molar-refractivity contribution in [3.05, 3.63) is 35.4 Å². The topological polar surface area (TPSA) is 56.5 Å². The van der Waals surface area contributed by atoms with Gasteiger partial charge in [-0.25, -0.2) is 0 Å². The Morgan fingerprint density at radius 1 is 1.41 bits per heavy atom. The van der Waals surface area contributed by atoms with E-state index in [-0.39, 0.29) is 5.92 Å². The van der Waals surface area contributed by atoms with E-state index in [1.54, 1.807) is 0 Å². The van der Waals surface area contributed by atoms with Crippen molar-refractivity contribution in [2.75, 3.05) is 19.8 Å². The summed E-state index contributed by atoms with van der Waals surface area (Å²) >= 11 is 0. The number of benzene rings is 1. The molecule has 1 aromatic rings. The Hall–Kier alpha value is -1.41. The molecule has 2 fully saturated rings. The van der Waals surface area contributed by atoms with Crippen LogP contribution in [0.15, 0.2) is 24.3 Å². The predicted octanol–water partition coefficient (Wildman–Crippen LogP) is 2.31. The van der Waals surface area contributed by atoms with Crippen LogP contribution in [0.5, 0.6) is 0 Å². The van der Waals surface area contributed by atoms with E-state index in [0.717, 1.165) is 25.9 Å². The molecule has 1 aromatic carbocycles. The Balaban J connectivity index is 1.71. The molecule has 0 aromatic heterocycles. The molecule has 0 bridgehead atoms. The summed E-state index contributed by atoms with van der Waals surface area (Å²) in [5, 5.41) is 19.6. The van der Waals surface area contributed by atoms with Crippen LogP contribution in [0.3, 0.4) is 0 Å². The predicted molar refractivity (Wildman–Crippen MR) is 84.1 cm³/mol. The molecule has 4 heteroatoms. The Morgan fingerprint density at radius 3 is 2.86 bits per heavy atom. The summed E-state index contributed by atoms with van der Waals surface area (Å²) < 4.78 is 5.64. The molecule has 22 heavy (non-hydrogen) atoms. The van der Waals surface area contributed by atoms with E-state index >= 15 is 0 Å². The van der Waals surface area contributed by atoms with Gasteiger partial charge >= 0.3 is 0 Å². The highest BCUT2D eigenvalue weighted by Gasteiger charge is 2.43. The Bertz CT molecular complexity index is 547. The highest BCUT2D eigenvalue weighted by molar-refractivity contribution is 5.31. The fraction of sp³-hybridized carbons (Fsp3) is 0.611. The zero-order valence-electron chi connectivity index (χ0n) is 13.2. The third-order valence-electron chi connectivity index (χ3n) is 5.20. The fourth-order valence-corrected chi connectivity index (χ4v) is 3.80. The van der Waals surface area contributed by atoms with Gasteiger partial charge < -0.3 is 9.84 Å². The molecule has 0 saturated carbocycles. The molecule has 2 heterocycles. The normalized spacial score (nSPS) is 32.8. The second kappa shape index (κ2) is 6.37. The van der Waals surface area contributed by atoms with E-state index in [4.69, 9.17) is 10.00 Å². The SMILES string of the molecule is C[C@]1(O)CCOC[C@H]1[C@@H]1CCCN1Cc1ccc(C#N)cc1. The number of aliphatic hydroxyl groups is 1. The van der Waals surface area contributed by atoms with Gasteiger partial charge in [0.05, 0.1) is 23.8 Å². The van der Waals surface area contributed by atoms with Crippen LogP contribution in [0, 0.1) is 17.2 Å². The Labute approximate surface area is 132 Å². The number of likely N-dealkylation sites (tertiary alicyclic amines) is 1. The smallest absolute Gasteiger partial charge is 0.0991 e. The third kappa shape index (κ3) is 3.17. The van der Waals surface area contributed by atoms with Crippen LogP contribution in [0.1, 0.15) is 37.3 Å². The van der Waals surface area contributed by atoms with Crippen molar-refractivity contribution in [1.29, 1.82) is 5.26 Å². The van der Waals surface area contributed by atoms with Crippen molar-refractivity contribution >= 4 is 0 Å². The van der Waals surface area contributed by atoms with Gasteiger partial charge in [0, 0.05) is 25.1 Å². The summed E-state index contributed by atoms with van der Waals surface area (Å²) in [5.41, 5.74) is 1.29. The maximum atomic E-state index is 10.7. The summed E-state index contributed by atoms with van der Waals surface area (Å²) in [6, 6.07) is 10.3. The quantitative estimate of drug-likeness (QED) is 0.930. The van der Waals surface area contributed by atoms with E-state index in [1.807, 2.05) is 31.2 Å². The molecule has 3 rings (SSSR count). The van der Waals surface area contributed by atoms with Crippen molar-refractivity contribution in [3.8, 4) is 6.07 Å². The average Bonchev–Trinajstić information content (AvgIpc) is 2.95. The molecule has 0 aliphatic carbocycles. The maximum Gasteiger partial charge on any atom is 0.0991 e. The van der Waals surface area contributed by atoms with Crippen LogP contribution < -0.4 is 0 Å². The minimum absolute atomic E-state index is 0.183.